The molecule has 3 heterocycles. The van der Waals surface area contributed by atoms with Crippen LogP contribution < -0.4 is 5.32 Å². The lowest BCUT2D eigenvalue weighted by molar-refractivity contribution is 0.0792. The molecule has 0 aliphatic carbocycles. The number of nitrogens with zero attached hydrogens (tertiary/aromatic N) is 5. The highest BCUT2D eigenvalue weighted by molar-refractivity contribution is 14.0. The summed E-state index contributed by atoms with van der Waals surface area (Å²) in [5.74, 6) is 1.82. The third-order valence-corrected chi connectivity index (χ3v) is 6.38. The van der Waals surface area contributed by atoms with Gasteiger partial charge in [0.1, 0.15) is 5.76 Å². The zero-order valence-electron chi connectivity index (χ0n) is 19.7. The number of aliphatic hydroxyl groups excluding tert-OH is 1. The van der Waals surface area contributed by atoms with E-state index in [2.05, 4.69) is 54.4 Å². The summed E-state index contributed by atoms with van der Waals surface area (Å²) in [7, 11) is 1.85. The van der Waals surface area contributed by atoms with Crippen LogP contribution in [0.15, 0.2) is 39.8 Å². The Labute approximate surface area is 214 Å². The molecule has 0 unspecified atom stereocenters. The number of piperidine rings is 1. The summed E-state index contributed by atoms with van der Waals surface area (Å²) in [6.07, 6.45) is 1.65. The first kappa shape index (κ1) is 25.9. The van der Waals surface area contributed by atoms with Crippen LogP contribution in [0.2, 0.25) is 0 Å². The quantitative estimate of drug-likeness (QED) is 0.315. The lowest BCUT2D eigenvalue weighted by atomic mass is 10.1. The third-order valence-electron chi connectivity index (χ3n) is 6.38. The number of likely N-dealkylation sites (tertiary alicyclic amines) is 1. The van der Waals surface area contributed by atoms with Gasteiger partial charge in [-0.05, 0) is 30.9 Å². The Hall–Kier alpha value is -1.69. The molecule has 0 radical (unpaired) electrons. The van der Waals surface area contributed by atoms with Crippen LogP contribution in [0.25, 0.3) is 0 Å². The van der Waals surface area contributed by atoms with Crippen molar-refractivity contribution in [2.45, 2.75) is 45.5 Å². The maximum absolute atomic E-state index is 9.67. The van der Waals surface area contributed by atoms with Crippen molar-refractivity contribution in [3.05, 3.63) is 52.9 Å². The summed E-state index contributed by atoms with van der Waals surface area (Å²) in [5.41, 5.74) is 3.58. The van der Waals surface area contributed by atoms with E-state index in [0.717, 1.165) is 89.2 Å². The van der Waals surface area contributed by atoms with Crippen LogP contribution in [0.5, 0.6) is 0 Å². The fraction of sp³-hybridized carbons (Fsp3) is 0.583. The number of aromatic nitrogens is 1. The Morgan fingerprint density at radius 1 is 1.03 bits per heavy atom. The summed E-state index contributed by atoms with van der Waals surface area (Å²) in [6, 6.07) is 10.8. The zero-order valence-corrected chi connectivity index (χ0v) is 22.1. The molecule has 1 aromatic heterocycles. The lowest BCUT2D eigenvalue weighted by Crippen LogP contribution is -2.52. The number of nitrogens with one attached hydrogen (secondary N) is 1. The summed E-state index contributed by atoms with van der Waals surface area (Å²) < 4.78 is 5.18. The van der Waals surface area contributed by atoms with Crippen molar-refractivity contribution in [2.24, 2.45) is 4.99 Å². The molecule has 0 saturated carbocycles. The largest absolute Gasteiger partial charge is 0.393 e. The molecule has 0 bridgehead atoms. The topological polar surface area (TPSA) is 80.4 Å². The first-order valence-corrected chi connectivity index (χ1v) is 11.7. The highest BCUT2D eigenvalue weighted by Crippen LogP contribution is 2.14. The minimum Gasteiger partial charge on any atom is -0.393 e. The number of halogens is 1. The molecule has 2 N–H and O–H groups in total. The number of aliphatic imine (C=N–C) groups is 1. The molecule has 0 amide bonds. The minimum atomic E-state index is -0.116. The number of hydrogen-bond donors (Lipinski definition) is 2. The summed E-state index contributed by atoms with van der Waals surface area (Å²) in [6.45, 7) is 10.3. The van der Waals surface area contributed by atoms with Crippen molar-refractivity contribution in [2.75, 3.05) is 46.3 Å². The van der Waals surface area contributed by atoms with Crippen molar-refractivity contribution < 1.29 is 9.63 Å². The second-order valence-corrected chi connectivity index (χ2v) is 8.92. The highest BCUT2D eigenvalue weighted by atomic mass is 127. The molecule has 2 fully saturated rings. The van der Waals surface area contributed by atoms with E-state index in [1.807, 2.05) is 20.0 Å². The average Bonchev–Trinajstić information content (AvgIpc) is 3.22. The van der Waals surface area contributed by atoms with E-state index in [1.54, 1.807) is 0 Å². The van der Waals surface area contributed by atoms with Crippen molar-refractivity contribution in [3.63, 3.8) is 0 Å². The monoisotopic (exact) mass is 568 g/mol. The molecule has 9 heteroatoms. The standard InChI is InChI=1S/C24H36N6O2.HI/c1-19-15-22(27-32-19)18-29-11-13-30(14-12-29)24(25-2)26-16-20-3-5-21(6-4-20)17-28-9-7-23(31)8-10-28;/h3-6,15,23,31H,7-14,16-18H2,1-2H3,(H,25,26);1H. The highest BCUT2D eigenvalue weighted by Gasteiger charge is 2.20. The van der Waals surface area contributed by atoms with Gasteiger partial charge in [0.2, 0.25) is 0 Å². The SMILES string of the molecule is CN=C(NCc1ccc(CN2CCC(O)CC2)cc1)N1CCN(Cc2cc(C)on2)CC1.I. The molecular formula is C24H37IN6O2. The van der Waals surface area contributed by atoms with Gasteiger partial charge in [0, 0.05) is 72.0 Å². The molecular weight excluding hydrogens is 531 g/mol. The Kier molecular flexibility index (Phi) is 9.96. The third kappa shape index (κ3) is 7.66. The lowest BCUT2D eigenvalue weighted by Gasteiger charge is -2.36. The molecule has 182 valence electrons. The van der Waals surface area contributed by atoms with Crippen molar-refractivity contribution in [1.82, 2.24) is 25.2 Å². The number of guanidine groups is 1. The summed E-state index contributed by atoms with van der Waals surface area (Å²) in [4.78, 5) is 11.6. The van der Waals surface area contributed by atoms with Crippen molar-refractivity contribution in [3.8, 4) is 0 Å². The Balaban J connectivity index is 0.00000306. The second-order valence-electron chi connectivity index (χ2n) is 8.92. The van der Waals surface area contributed by atoms with Gasteiger partial charge in [0.05, 0.1) is 11.8 Å². The summed E-state index contributed by atoms with van der Waals surface area (Å²) >= 11 is 0. The molecule has 8 nitrogen and oxygen atoms in total. The first-order chi connectivity index (χ1) is 15.6. The zero-order chi connectivity index (χ0) is 22.3. The van der Waals surface area contributed by atoms with Crippen LogP contribution in [0.4, 0.5) is 0 Å². The van der Waals surface area contributed by atoms with Gasteiger partial charge in [-0.3, -0.25) is 14.8 Å². The average molecular weight is 569 g/mol. The number of aryl methyl sites for hydroxylation is 1. The molecule has 2 aliphatic heterocycles. The van der Waals surface area contributed by atoms with Gasteiger partial charge in [-0.2, -0.15) is 0 Å². The van der Waals surface area contributed by atoms with E-state index in [0.29, 0.717) is 0 Å². The van der Waals surface area contributed by atoms with Gasteiger partial charge >= 0.3 is 0 Å². The van der Waals surface area contributed by atoms with Crippen molar-refractivity contribution >= 4 is 29.9 Å². The van der Waals surface area contributed by atoms with Crippen LogP contribution in [-0.4, -0.2) is 83.3 Å². The van der Waals surface area contributed by atoms with Gasteiger partial charge < -0.3 is 19.8 Å². The van der Waals surface area contributed by atoms with E-state index >= 15 is 0 Å². The fourth-order valence-electron chi connectivity index (χ4n) is 4.45. The predicted molar refractivity (Wildman–Crippen MR) is 141 cm³/mol. The van der Waals surface area contributed by atoms with E-state index in [1.165, 1.54) is 11.1 Å². The van der Waals surface area contributed by atoms with E-state index in [-0.39, 0.29) is 30.1 Å². The molecule has 0 atom stereocenters. The molecule has 2 saturated heterocycles. The molecule has 33 heavy (non-hydrogen) atoms. The number of aliphatic hydroxyl groups is 1. The maximum atomic E-state index is 9.67. The first-order valence-electron chi connectivity index (χ1n) is 11.7. The van der Waals surface area contributed by atoms with Gasteiger partial charge in [0.25, 0.3) is 0 Å². The van der Waals surface area contributed by atoms with Crippen LogP contribution in [0, 0.1) is 6.92 Å². The van der Waals surface area contributed by atoms with Crippen molar-refractivity contribution in [1.29, 1.82) is 0 Å². The van der Waals surface area contributed by atoms with Gasteiger partial charge in [-0.1, -0.05) is 29.4 Å². The fourth-order valence-corrected chi connectivity index (χ4v) is 4.45. The van der Waals surface area contributed by atoms with Gasteiger partial charge in [0.15, 0.2) is 5.96 Å². The van der Waals surface area contributed by atoms with E-state index in [9.17, 15) is 5.11 Å². The summed E-state index contributed by atoms with van der Waals surface area (Å²) in [5, 5.41) is 17.3. The Bertz CT molecular complexity index is 871. The molecule has 2 aliphatic rings. The van der Waals surface area contributed by atoms with E-state index in [4.69, 9.17) is 4.52 Å². The van der Waals surface area contributed by atoms with E-state index < -0.39 is 0 Å². The number of rotatable bonds is 6. The second kappa shape index (κ2) is 12.7. The van der Waals surface area contributed by atoms with Gasteiger partial charge in [-0.25, -0.2) is 0 Å². The van der Waals surface area contributed by atoms with Crippen LogP contribution in [0.3, 0.4) is 0 Å². The Morgan fingerprint density at radius 2 is 1.67 bits per heavy atom. The normalized spacial score (nSPS) is 18.9. The number of benzene rings is 1. The Morgan fingerprint density at radius 3 is 2.27 bits per heavy atom. The molecule has 1 aromatic carbocycles. The number of piperazine rings is 1. The maximum Gasteiger partial charge on any atom is 0.194 e. The molecule has 2 aromatic rings. The smallest absolute Gasteiger partial charge is 0.194 e. The van der Waals surface area contributed by atoms with Crippen LogP contribution in [-0.2, 0) is 19.6 Å². The van der Waals surface area contributed by atoms with Crippen LogP contribution >= 0.6 is 24.0 Å². The minimum absolute atomic E-state index is 0. The molecule has 0 spiro atoms. The predicted octanol–water partition coefficient (Wildman–Crippen LogP) is 2.45. The molecule has 4 rings (SSSR count). The van der Waals surface area contributed by atoms with Crippen LogP contribution in [0.1, 0.15) is 35.4 Å². The van der Waals surface area contributed by atoms with Gasteiger partial charge in [-0.15, -0.1) is 24.0 Å². The number of hydrogen-bond acceptors (Lipinski definition) is 6.